The minimum atomic E-state index is 0.692. The molecule has 0 saturated carbocycles. The highest BCUT2D eigenvalue weighted by Gasteiger charge is 2.12. The summed E-state index contributed by atoms with van der Waals surface area (Å²) in [5.41, 5.74) is 10.9. The lowest BCUT2D eigenvalue weighted by Gasteiger charge is -2.19. The summed E-state index contributed by atoms with van der Waals surface area (Å²) < 4.78 is 2.41. The number of aryl methyl sites for hydroxylation is 3. The molecule has 0 amide bonds. The highest BCUT2D eigenvalue weighted by atomic mass is 15.4. The second-order valence-corrected chi connectivity index (χ2v) is 6.51. The molecule has 2 N–H and O–H groups in total. The van der Waals surface area contributed by atoms with Gasteiger partial charge in [0, 0.05) is 31.4 Å². The molecule has 1 heterocycles. The molecule has 24 heavy (non-hydrogen) atoms. The molecule has 0 bridgehead atoms. The fourth-order valence-corrected chi connectivity index (χ4v) is 3.30. The molecule has 2 aromatic carbocycles. The Morgan fingerprint density at radius 1 is 1.04 bits per heavy atom. The van der Waals surface area contributed by atoms with Crippen molar-refractivity contribution in [3.8, 4) is 0 Å². The summed E-state index contributed by atoms with van der Waals surface area (Å²) in [6, 6.07) is 12.9. The van der Waals surface area contributed by atoms with Gasteiger partial charge in [0.25, 0.3) is 0 Å². The third-order valence-electron chi connectivity index (χ3n) is 4.56. The molecule has 0 fully saturated rings. The van der Waals surface area contributed by atoms with Crippen LogP contribution in [0.1, 0.15) is 17.5 Å². The van der Waals surface area contributed by atoms with Crippen molar-refractivity contribution in [2.75, 3.05) is 20.6 Å². The summed E-state index contributed by atoms with van der Waals surface area (Å²) in [5.74, 6) is 0. The van der Waals surface area contributed by atoms with Gasteiger partial charge in [0.2, 0.25) is 0 Å². The zero-order valence-corrected chi connectivity index (χ0v) is 15.0. The van der Waals surface area contributed by atoms with E-state index in [1.54, 1.807) is 0 Å². The van der Waals surface area contributed by atoms with Crippen molar-refractivity contribution in [3.05, 3.63) is 52.9 Å². The Labute approximate surface area is 143 Å². The van der Waals surface area contributed by atoms with Gasteiger partial charge in [-0.2, -0.15) is 5.10 Å². The number of fused-ring (bicyclic) bond motifs is 2. The first-order valence-electron chi connectivity index (χ1n) is 8.48. The first kappa shape index (κ1) is 16.5. The number of benzene rings is 2. The van der Waals surface area contributed by atoms with Crippen LogP contribution in [-0.4, -0.2) is 30.2 Å². The Morgan fingerprint density at radius 2 is 1.79 bits per heavy atom. The van der Waals surface area contributed by atoms with Gasteiger partial charge in [-0.25, -0.2) is 0 Å². The van der Waals surface area contributed by atoms with E-state index < -0.39 is 0 Å². The van der Waals surface area contributed by atoms with Crippen LogP contribution >= 0.6 is 0 Å². The molecule has 1 aromatic heterocycles. The normalized spacial score (nSPS) is 12.3. The Morgan fingerprint density at radius 3 is 2.50 bits per heavy atom. The van der Waals surface area contributed by atoms with Crippen molar-refractivity contribution in [2.45, 2.75) is 26.8 Å². The average Bonchev–Trinajstić information content (AvgIpc) is 2.57. The van der Waals surface area contributed by atoms with Crippen molar-refractivity contribution in [1.29, 1.82) is 0 Å². The van der Waals surface area contributed by atoms with Crippen molar-refractivity contribution >= 4 is 21.8 Å². The minimum absolute atomic E-state index is 0.692. The van der Waals surface area contributed by atoms with Gasteiger partial charge in [-0.1, -0.05) is 30.3 Å². The smallest absolute Gasteiger partial charge is 0.102 e. The fraction of sp³-hybridized carbons (Fsp3) is 0.350. The van der Waals surface area contributed by atoms with Crippen molar-refractivity contribution in [2.24, 2.45) is 10.8 Å². The van der Waals surface area contributed by atoms with Crippen LogP contribution in [0.15, 0.2) is 41.5 Å². The van der Waals surface area contributed by atoms with Crippen LogP contribution in [0.2, 0.25) is 0 Å². The maximum atomic E-state index is 5.79. The standard InChI is InChI=1S/C20H26N4/c1-14-10-11-17-19(22-23(3)4)16-8-5-6-9-18(16)24(13-7-12-21)20(17)15(14)2/h5-6,8-11H,7,12-13,21H2,1-4H3. The van der Waals surface area contributed by atoms with Crippen LogP contribution in [0.5, 0.6) is 0 Å². The number of aromatic nitrogens is 1. The predicted octanol–water partition coefficient (Wildman–Crippen LogP) is 3.14. The molecule has 0 aliphatic heterocycles. The Bertz CT molecular complexity index is 951. The van der Waals surface area contributed by atoms with Gasteiger partial charge in [0.1, 0.15) is 5.36 Å². The van der Waals surface area contributed by atoms with E-state index in [-0.39, 0.29) is 0 Å². The van der Waals surface area contributed by atoms with Crippen molar-refractivity contribution in [1.82, 2.24) is 9.58 Å². The van der Waals surface area contributed by atoms with Gasteiger partial charge in [-0.15, -0.1) is 0 Å². The minimum Gasteiger partial charge on any atom is -0.340 e. The predicted molar refractivity (Wildman–Crippen MR) is 102 cm³/mol. The molecule has 0 radical (unpaired) electrons. The molecular formula is C20H26N4. The SMILES string of the molecule is Cc1ccc2c(=NN(C)C)c3ccccc3n(CCCN)c2c1C. The number of hydrogen-bond donors (Lipinski definition) is 1. The monoisotopic (exact) mass is 322 g/mol. The first-order chi connectivity index (χ1) is 11.5. The van der Waals surface area contributed by atoms with E-state index in [1.165, 1.54) is 32.9 Å². The third kappa shape index (κ3) is 2.78. The summed E-state index contributed by atoms with van der Waals surface area (Å²) in [6.45, 7) is 5.97. The maximum absolute atomic E-state index is 5.79. The van der Waals surface area contributed by atoms with E-state index in [0.29, 0.717) is 6.54 Å². The number of pyridine rings is 1. The quantitative estimate of drug-likeness (QED) is 0.592. The molecular weight excluding hydrogens is 296 g/mol. The number of para-hydroxylation sites is 1. The van der Waals surface area contributed by atoms with Crippen LogP contribution in [0.25, 0.3) is 21.8 Å². The molecule has 126 valence electrons. The van der Waals surface area contributed by atoms with E-state index in [1.807, 2.05) is 19.1 Å². The second kappa shape index (κ2) is 6.65. The largest absolute Gasteiger partial charge is 0.340 e. The summed E-state index contributed by atoms with van der Waals surface area (Å²) in [5, 5.41) is 10.1. The van der Waals surface area contributed by atoms with Crippen LogP contribution in [0.4, 0.5) is 0 Å². The van der Waals surface area contributed by atoms with E-state index in [9.17, 15) is 0 Å². The second-order valence-electron chi connectivity index (χ2n) is 6.51. The maximum Gasteiger partial charge on any atom is 0.102 e. The molecule has 4 nitrogen and oxygen atoms in total. The lowest BCUT2D eigenvalue weighted by Crippen LogP contribution is -2.19. The van der Waals surface area contributed by atoms with Gasteiger partial charge >= 0.3 is 0 Å². The molecule has 0 aliphatic rings. The molecule has 0 aliphatic carbocycles. The van der Waals surface area contributed by atoms with Crippen LogP contribution < -0.4 is 11.1 Å². The summed E-state index contributed by atoms with van der Waals surface area (Å²) in [4.78, 5) is 0. The van der Waals surface area contributed by atoms with Crippen LogP contribution in [-0.2, 0) is 6.54 Å². The summed E-state index contributed by atoms with van der Waals surface area (Å²) >= 11 is 0. The summed E-state index contributed by atoms with van der Waals surface area (Å²) in [7, 11) is 3.94. The zero-order valence-electron chi connectivity index (χ0n) is 15.0. The van der Waals surface area contributed by atoms with Gasteiger partial charge < -0.3 is 15.3 Å². The highest BCUT2D eigenvalue weighted by molar-refractivity contribution is 5.95. The van der Waals surface area contributed by atoms with Gasteiger partial charge in [0.05, 0.1) is 11.0 Å². The van der Waals surface area contributed by atoms with E-state index >= 15 is 0 Å². The Hall–Kier alpha value is -2.33. The third-order valence-corrected chi connectivity index (χ3v) is 4.56. The van der Waals surface area contributed by atoms with E-state index in [2.05, 4.69) is 54.8 Å². The van der Waals surface area contributed by atoms with Crippen LogP contribution in [0.3, 0.4) is 0 Å². The number of hydrogen-bond acceptors (Lipinski definition) is 3. The lowest BCUT2D eigenvalue weighted by molar-refractivity contribution is 0.423. The molecule has 0 atom stereocenters. The molecule has 3 rings (SSSR count). The van der Waals surface area contributed by atoms with Gasteiger partial charge in [-0.3, -0.25) is 0 Å². The fourth-order valence-electron chi connectivity index (χ4n) is 3.30. The molecule has 3 aromatic rings. The van der Waals surface area contributed by atoms with Crippen molar-refractivity contribution in [3.63, 3.8) is 0 Å². The lowest BCUT2D eigenvalue weighted by atomic mass is 10.0. The molecule has 0 unspecified atom stereocenters. The Balaban J connectivity index is 2.57. The zero-order chi connectivity index (χ0) is 17.3. The highest BCUT2D eigenvalue weighted by Crippen LogP contribution is 2.24. The number of rotatable bonds is 4. The Kier molecular flexibility index (Phi) is 4.58. The van der Waals surface area contributed by atoms with Gasteiger partial charge in [-0.05, 0) is 44.0 Å². The first-order valence-corrected chi connectivity index (χ1v) is 8.48. The average molecular weight is 322 g/mol. The van der Waals surface area contributed by atoms with Crippen LogP contribution in [0, 0.1) is 13.8 Å². The topological polar surface area (TPSA) is 46.5 Å². The molecule has 4 heteroatoms. The molecule has 0 saturated heterocycles. The van der Waals surface area contributed by atoms with E-state index in [4.69, 9.17) is 10.8 Å². The summed E-state index contributed by atoms with van der Waals surface area (Å²) in [6.07, 6.45) is 0.960. The van der Waals surface area contributed by atoms with Crippen molar-refractivity contribution < 1.29 is 0 Å². The van der Waals surface area contributed by atoms with E-state index in [0.717, 1.165) is 18.3 Å². The van der Waals surface area contributed by atoms with Gasteiger partial charge in [0.15, 0.2) is 0 Å². The number of nitrogens with two attached hydrogens (primary N) is 1. The molecule has 0 spiro atoms. The number of nitrogens with zero attached hydrogens (tertiary/aromatic N) is 3.